The van der Waals surface area contributed by atoms with Crippen LogP contribution in [0.1, 0.15) is 69.4 Å². The van der Waals surface area contributed by atoms with Crippen LogP contribution in [0.4, 0.5) is 25.4 Å². The van der Waals surface area contributed by atoms with Gasteiger partial charge in [0, 0.05) is 18.0 Å². The fourth-order valence-electron chi connectivity index (χ4n) is 6.65. The minimum Gasteiger partial charge on any atom is -0.504 e. The van der Waals surface area contributed by atoms with Crippen molar-refractivity contribution in [3.05, 3.63) is 102 Å². The normalized spacial score (nSPS) is 17.1. The van der Waals surface area contributed by atoms with Gasteiger partial charge < -0.3 is 44.6 Å². The summed E-state index contributed by atoms with van der Waals surface area (Å²) in [6.45, 7) is 18.5. The standard InChI is InChI=1S/C45H56FN5O10Si/c1-11-20-59-43(56)49-38(26(2)3)40(54)47-27(4)39(53)48-32-18-12-28(13-19-32)25-60-44(57)51-34-23-36(52)37(58-8)22-33(34)41(55)50-24-30(29-14-16-31(46)17-15-29)21-35(50)42(51)61-62(9,10)45(5,6)7/h11-19,22-24,26-27,35,38,42,52H,1,20-21,25H2,2-10H3,(H,47,54)(H,48,53)(H,49,56)/t27-,35-,38-,42-/m0/s1. The summed E-state index contributed by atoms with van der Waals surface area (Å²) in [5.74, 6) is -2.54. The summed E-state index contributed by atoms with van der Waals surface area (Å²) in [5, 5.41) is 18.6. The number of fused-ring (bicyclic) bond motifs is 2. The molecule has 0 spiro atoms. The molecule has 62 heavy (non-hydrogen) atoms. The van der Waals surface area contributed by atoms with Gasteiger partial charge in [-0.3, -0.25) is 14.4 Å². The van der Waals surface area contributed by atoms with Crippen LogP contribution in [0.2, 0.25) is 18.1 Å². The zero-order chi connectivity index (χ0) is 45.7. The van der Waals surface area contributed by atoms with E-state index in [1.54, 1.807) is 56.4 Å². The molecule has 17 heteroatoms. The van der Waals surface area contributed by atoms with Crippen LogP contribution in [-0.4, -0.2) is 86.3 Å². The van der Waals surface area contributed by atoms with Crippen molar-refractivity contribution in [3.63, 3.8) is 0 Å². The number of carbonyl (C=O) groups excluding carboxylic acids is 5. The van der Waals surface area contributed by atoms with Gasteiger partial charge in [-0.2, -0.15) is 0 Å². The molecule has 2 aliphatic heterocycles. The number of hydrogen-bond acceptors (Lipinski definition) is 10. The van der Waals surface area contributed by atoms with Gasteiger partial charge in [0.2, 0.25) is 11.8 Å². The number of phenolic OH excluding ortho intramolecular Hbond substituents is 1. The van der Waals surface area contributed by atoms with E-state index in [1.165, 1.54) is 54.2 Å². The maximum Gasteiger partial charge on any atom is 0.416 e. The third-order valence-corrected chi connectivity index (χ3v) is 15.7. The van der Waals surface area contributed by atoms with Crippen LogP contribution in [0, 0.1) is 11.7 Å². The molecule has 0 saturated carbocycles. The molecular formula is C45H56FN5O10Si. The Hall–Kier alpha value is -6.20. The number of anilines is 2. The molecule has 0 unspecified atom stereocenters. The predicted octanol–water partition coefficient (Wildman–Crippen LogP) is 7.68. The third kappa shape index (κ3) is 10.6. The van der Waals surface area contributed by atoms with Gasteiger partial charge in [-0.05, 0) is 84.4 Å². The zero-order valence-corrected chi connectivity index (χ0v) is 37.5. The summed E-state index contributed by atoms with van der Waals surface area (Å²) in [7, 11) is -1.37. The lowest BCUT2D eigenvalue weighted by Crippen LogP contribution is -2.57. The first-order valence-corrected chi connectivity index (χ1v) is 23.1. The molecule has 0 aromatic heterocycles. The van der Waals surface area contributed by atoms with Crippen LogP contribution in [-0.2, 0) is 30.1 Å². The van der Waals surface area contributed by atoms with Crippen molar-refractivity contribution in [3.8, 4) is 11.5 Å². The molecule has 2 aliphatic rings. The molecule has 5 amide bonds. The Bertz CT molecular complexity index is 2210. The van der Waals surface area contributed by atoms with Gasteiger partial charge in [-0.1, -0.05) is 71.5 Å². The first-order chi connectivity index (χ1) is 29.1. The SMILES string of the molecule is C=CCOC(=O)N[C@H](C(=O)N[C@@H](C)C(=O)Nc1ccc(COC(=O)N2c3cc(O)c(OC)cc3C(=O)N3C=C(c4ccc(F)cc4)C[C@H]3[C@@H]2O[Si](C)(C)C(C)(C)C)cc1)C(C)C. The molecule has 0 fully saturated rings. The second-order valence-electron chi connectivity index (χ2n) is 17.0. The Kier molecular flexibility index (Phi) is 14.5. The molecular weight excluding hydrogens is 818 g/mol. The highest BCUT2D eigenvalue weighted by Gasteiger charge is 2.51. The van der Waals surface area contributed by atoms with Gasteiger partial charge in [0.15, 0.2) is 26.0 Å². The van der Waals surface area contributed by atoms with E-state index in [0.717, 1.165) is 5.57 Å². The number of carbonyl (C=O) groups is 5. The lowest BCUT2D eigenvalue weighted by Gasteiger charge is -2.44. The number of halogens is 1. The van der Waals surface area contributed by atoms with Crippen molar-refractivity contribution < 1.29 is 52.1 Å². The zero-order valence-electron chi connectivity index (χ0n) is 36.5. The minimum atomic E-state index is -2.72. The van der Waals surface area contributed by atoms with Crippen molar-refractivity contribution in [2.45, 2.75) is 97.1 Å². The third-order valence-electron chi connectivity index (χ3n) is 11.2. The Balaban J connectivity index is 1.38. The van der Waals surface area contributed by atoms with Gasteiger partial charge in [-0.25, -0.2) is 18.9 Å². The number of ether oxygens (including phenoxy) is 3. The van der Waals surface area contributed by atoms with E-state index in [2.05, 4.69) is 43.3 Å². The maximum atomic E-state index is 14.6. The largest absolute Gasteiger partial charge is 0.504 e. The smallest absolute Gasteiger partial charge is 0.416 e. The molecule has 3 aromatic carbocycles. The van der Waals surface area contributed by atoms with Crippen LogP contribution in [0.15, 0.2) is 79.5 Å². The molecule has 15 nitrogen and oxygen atoms in total. The van der Waals surface area contributed by atoms with E-state index in [1.807, 2.05) is 13.1 Å². The average molecular weight is 874 g/mol. The van der Waals surface area contributed by atoms with Crippen LogP contribution >= 0.6 is 0 Å². The van der Waals surface area contributed by atoms with Gasteiger partial charge in [0.25, 0.3) is 5.91 Å². The average Bonchev–Trinajstić information content (AvgIpc) is 3.63. The Morgan fingerprint density at radius 3 is 2.24 bits per heavy atom. The van der Waals surface area contributed by atoms with Gasteiger partial charge in [-0.15, -0.1) is 0 Å². The first kappa shape index (κ1) is 46.9. The summed E-state index contributed by atoms with van der Waals surface area (Å²) >= 11 is 0. The van der Waals surface area contributed by atoms with Crippen LogP contribution in [0.25, 0.3) is 5.57 Å². The fraction of sp³-hybridized carbons (Fsp3) is 0.400. The van der Waals surface area contributed by atoms with Crippen molar-refractivity contribution >= 4 is 55.2 Å². The number of benzene rings is 3. The van der Waals surface area contributed by atoms with E-state index in [-0.39, 0.29) is 53.3 Å². The van der Waals surface area contributed by atoms with E-state index in [9.17, 15) is 33.5 Å². The van der Waals surface area contributed by atoms with Crippen molar-refractivity contribution in [2.75, 3.05) is 23.9 Å². The molecule has 332 valence electrons. The molecule has 0 aliphatic carbocycles. The number of phenols is 1. The molecule has 2 heterocycles. The fourth-order valence-corrected chi connectivity index (χ4v) is 7.87. The van der Waals surface area contributed by atoms with Crippen LogP contribution in [0.3, 0.4) is 0 Å². The molecule has 0 bridgehead atoms. The number of hydrogen-bond donors (Lipinski definition) is 4. The first-order valence-electron chi connectivity index (χ1n) is 20.2. The van der Waals surface area contributed by atoms with E-state index >= 15 is 0 Å². The quantitative estimate of drug-likeness (QED) is 0.0926. The van der Waals surface area contributed by atoms with E-state index in [4.69, 9.17) is 18.6 Å². The van der Waals surface area contributed by atoms with Gasteiger partial charge in [0.05, 0.1) is 24.4 Å². The predicted molar refractivity (Wildman–Crippen MR) is 234 cm³/mol. The highest BCUT2D eigenvalue weighted by molar-refractivity contribution is 6.74. The Morgan fingerprint density at radius 1 is 0.984 bits per heavy atom. The highest BCUT2D eigenvalue weighted by atomic mass is 28.4. The van der Waals surface area contributed by atoms with Crippen LogP contribution < -0.4 is 25.6 Å². The maximum absolute atomic E-state index is 14.6. The number of methoxy groups -OCH3 is 1. The summed E-state index contributed by atoms with van der Waals surface area (Å²) in [6, 6.07) is 12.5. The summed E-state index contributed by atoms with van der Waals surface area (Å²) < 4.78 is 37.3. The number of rotatable bonds is 14. The molecule has 5 rings (SSSR count). The molecule has 0 radical (unpaired) electrons. The van der Waals surface area contributed by atoms with Crippen molar-refractivity contribution in [1.29, 1.82) is 0 Å². The summed E-state index contributed by atoms with van der Waals surface area (Å²) in [6.07, 6.45) is 0.618. The highest BCUT2D eigenvalue weighted by Crippen LogP contribution is 2.46. The Labute approximate surface area is 362 Å². The summed E-state index contributed by atoms with van der Waals surface area (Å²) in [5.41, 5.74) is 2.51. The summed E-state index contributed by atoms with van der Waals surface area (Å²) in [4.78, 5) is 70.0. The number of nitrogens with one attached hydrogen (secondary N) is 3. The van der Waals surface area contributed by atoms with Gasteiger partial charge in [0.1, 0.15) is 31.1 Å². The second-order valence-corrected chi connectivity index (χ2v) is 21.8. The molecule has 3 aromatic rings. The van der Waals surface area contributed by atoms with Crippen molar-refractivity contribution in [1.82, 2.24) is 15.5 Å². The molecule has 0 saturated heterocycles. The number of aromatic hydroxyl groups is 1. The lowest BCUT2D eigenvalue weighted by atomic mass is 10.0. The minimum absolute atomic E-state index is 0.0230. The lowest BCUT2D eigenvalue weighted by molar-refractivity contribution is -0.128. The van der Waals surface area contributed by atoms with Crippen LogP contribution in [0.5, 0.6) is 11.5 Å². The Morgan fingerprint density at radius 2 is 1.65 bits per heavy atom. The van der Waals surface area contributed by atoms with E-state index < -0.39 is 68.4 Å². The second kappa shape index (κ2) is 19.2. The van der Waals surface area contributed by atoms with Gasteiger partial charge >= 0.3 is 12.2 Å². The molecule has 4 atom stereocenters. The number of nitrogens with zero attached hydrogens (tertiary/aromatic N) is 2. The van der Waals surface area contributed by atoms with Crippen molar-refractivity contribution in [2.24, 2.45) is 5.92 Å². The number of amides is 5. The monoisotopic (exact) mass is 873 g/mol. The number of alkyl carbamates (subject to hydrolysis) is 1. The topological polar surface area (TPSA) is 185 Å². The van der Waals surface area contributed by atoms with E-state index in [0.29, 0.717) is 16.8 Å². The molecule has 4 N–H and O–H groups in total.